The third-order valence-corrected chi connectivity index (χ3v) is 3.95. The third-order valence-electron chi connectivity index (χ3n) is 3.95. The average molecular weight is 225 g/mol. The van der Waals surface area contributed by atoms with Gasteiger partial charge in [0.15, 0.2) is 0 Å². The lowest BCUT2D eigenvalue weighted by molar-refractivity contribution is 0.0293. The second-order valence-electron chi connectivity index (χ2n) is 5.64. The van der Waals surface area contributed by atoms with E-state index in [4.69, 9.17) is 4.74 Å². The summed E-state index contributed by atoms with van der Waals surface area (Å²) in [5.74, 6) is 1.05. The Bertz CT molecular complexity index is 203. The fourth-order valence-electron chi connectivity index (χ4n) is 2.70. The molecule has 0 spiro atoms. The molecule has 1 saturated carbocycles. The molecular formula is C14H27NO. The first-order chi connectivity index (χ1) is 7.79. The molecule has 3 atom stereocenters. The molecule has 1 aliphatic heterocycles. The van der Waals surface area contributed by atoms with Gasteiger partial charge in [0, 0.05) is 6.04 Å². The highest BCUT2D eigenvalue weighted by molar-refractivity contribution is 4.85. The topological polar surface area (TPSA) is 21.3 Å². The maximum Gasteiger partial charge on any atom is 0.0732 e. The molecule has 94 valence electrons. The van der Waals surface area contributed by atoms with Crippen LogP contribution in [0.25, 0.3) is 0 Å². The first-order valence-corrected chi connectivity index (χ1v) is 7.18. The van der Waals surface area contributed by atoms with Gasteiger partial charge >= 0.3 is 0 Å². The van der Waals surface area contributed by atoms with Crippen molar-refractivity contribution in [2.75, 3.05) is 6.54 Å². The molecule has 2 aliphatic rings. The molecule has 2 heteroatoms. The van der Waals surface area contributed by atoms with Crippen molar-refractivity contribution < 1.29 is 4.74 Å². The fourth-order valence-corrected chi connectivity index (χ4v) is 2.70. The van der Waals surface area contributed by atoms with Crippen molar-refractivity contribution in [1.29, 1.82) is 0 Å². The summed E-state index contributed by atoms with van der Waals surface area (Å²) in [6, 6.07) is 0.616. The molecule has 0 amide bonds. The van der Waals surface area contributed by atoms with Crippen molar-refractivity contribution in [3.05, 3.63) is 0 Å². The molecule has 0 aromatic carbocycles. The van der Waals surface area contributed by atoms with Gasteiger partial charge in [0.2, 0.25) is 0 Å². The van der Waals surface area contributed by atoms with Crippen LogP contribution in [0.1, 0.15) is 58.8 Å². The predicted octanol–water partition coefficient (Wildman–Crippen LogP) is 3.11. The van der Waals surface area contributed by atoms with Crippen LogP contribution in [0, 0.1) is 5.92 Å². The molecule has 2 rings (SSSR count). The minimum Gasteiger partial charge on any atom is -0.374 e. The van der Waals surface area contributed by atoms with Crippen molar-refractivity contribution in [1.82, 2.24) is 5.32 Å². The van der Waals surface area contributed by atoms with E-state index in [0.717, 1.165) is 12.5 Å². The Balaban J connectivity index is 1.75. The molecule has 0 bridgehead atoms. The van der Waals surface area contributed by atoms with E-state index in [1.165, 1.54) is 44.9 Å². The van der Waals surface area contributed by atoms with Gasteiger partial charge in [0.25, 0.3) is 0 Å². The van der Waals surface area contributed by atoms with Crippen molar-refractivity contribution in [3.8, 4) is 0 Å². The molecule has 0 aromatic rings. The Labute approximate surface area is 100 Å². The van der Waals surface area contributed by atoms with Gasteiger partial charge < -0.3 is 10.1 Å². The Kier molecular flexibility index (Phi) is 4.66. The lowest BCUT2D eigenvalue weighted by atomic mass is 10.0. The van der Waals surface area contributed by atoms with Gasteiger partial charge in [-0.15, -0.1) is 0 Å². The zero-order valence-corrected chi connectivity index (χ0v) is 10.9. The van der Waals surface area contributed by atoms with Crippen LogP contribution in [-0.2, 0) is 4.74 Å². The molecule has 0 radical (unpaired) electrons. The molecule has 2 fully saturated rings. The van der Waals surface area contributed by atoms with Gasteiger partial charge in [0.05, 0.1) is 12.2 Å². The SMILES string of the molecule is CCCNC(CCC1CC1)C1CCC(C)O1. The number of ether oxygens (including phenoxy) is 1. The largest absolute Gasteiger partial charge is 0.374 e. The molecule has 1 N–H and O–H groups in total. The normalized spacial score (nSPS) is 31.9. The van der Waals surface area contributed by atoms with E-state index in [9.17, 15) is 0 Å². The smallest absolute Gasteiger partial charge is 0.0732 e. The molecule has 16 heavy (non-hydrogen) atoms. The first-order valence-electron chi connectivity index (χ1n) is 7.18. The van der Waals surface area contributed by atoms with E-state index < -0.39 is 0 Å². The molecule has 3 unspecified atom stereocenters. The highest BCUT2D eigenvalue weighted by Gasteiger charge is 2.30. The van der Waals surface area contributed by atoms with Crippen LogP contribution in [0.5, 0.6) is 0 Å². The molecule has 1 heterocycles. The zero-order valence-electron chi connectivity index (χ0n) is 10.9. The van der Waals surface area contributed by atoms with Crippen molar-refractivity contribution in [2.45, 2.75) is 77.0 Å². The van der Waals surface area contributed by atoms with E-state index in [0.29, 0.717) is 18.2 Å². The first kappa shape index (κ1) is 12.4. The van der Waals surface area contributed by atoms with Crippen LogP contribution >= 0.6 is 0 Å². The number of rotatable bonds is 7. The summed E-state index contributed by atoms with van der Waals surface area (Å²) in [6.45, 7) is 5.59. The second kappa shape index (κ2) is 6.02. The Morgan fingerprint density at radius 3 is 2.62 bits per heavy atom. The molecule has 1 aliphatic carbocycles. The van der Waals surface area contributed by atoms with Gasteiger partial charge in [-0.05, 0) is 51.5 Å². The predicted molar refractivity (Wildman–Crippen MR) is 67.6 cm³/mol. The van der Waals surface area contributed by atoms with Crippen LogP contribution in [-0.4, -0.2) is 24.8 Å². The average Bonchev–Trinajstić information content (AvgIpc) is 3.01. The van der Waals surface area contributed by atoms with E-state index in [1.807, 2.05) is 0 Å². The summed E-state index contributed by atoms with van der Waals surface area (Å²) in [4.78, 5) is 0. The van der Waals surface area contributed by atoms with Crippen molar-refractivity contribution in [3.63, 3.8) is 0 Å². The Hall–Kier alpha value is -0.0800. The Morgan fingerprint density at radius 2 is 2.06 bits per heavy atom. The summed E-state index contributed by atoms with van der Waals surface area (Å²) < 4.78 is 6.01. The van der Waals surface area contributed by atoms with Crippen molar-refractivity contribution >= 4 is 0 Å². The Morgan fingerprint density at radius 1 is 1.25 bits per heavy atom. The fraction of sp³-hybridized carbons (Fsp3) is 1.00. The molecular weight excluding hydrogens is 198 g/mol. The molecule has 2 nitrogen and oxygen atoms in total. The second-order valence-corrected chi connectivity index (χ2v) is 5.64. The molecule has 1 saturated heterocycles. The van der Waals surface area contributed by atoms with E-state index in [2.05, 4.69) is 19.2 Å². The van der Waals surface area contributed by atoms with Gasteiger partial charge in [-0.1, -0.05) is 19.8 Å². The van der Waals surface area contributed by atoms with Gasteiger partial charge in [-0.25, -0.2) is 0 Å². The molecule has 0 aromatic heterocycles. The third kappa shape index (κ3) is 3.74. The summed E-state index contributed by atoms with van der Waals surface area (Å²) in [6.07, 6.45) is 10.4. The lowest BCUT2D eigenvalue weighted by Gasteiger charge is -2.25. The summed E-state index contributed by atoms with van der Waals surface area (Å²) in [5, 5.41) is 3.69. The standard InChI is InChI=1S/C14H27NO/c1-3-10-15-13(8-7-12-5-6-12)14-9-4-11(2)16-14/h11-15H,3-10H2,1-2H3. The summed E-state index contributed by atoms with van der Waals surface area (Å²) in [7, 11) is 0. The lowest BCUT2D eigenvalue weighted by Crippen LogP contribution is -2.40. The van der Waals surface area contributed by atoms with E-state index >= 15 is 0 Å². The van der Waals surface area contributed by atoms with Gasteiger partial charge in [-0.2, -0.15) is 0 Å². The highest BCUT2D eigenvalue weighted by Crippen LogP contribution is 2.35. The number of hydrogen-bond acceptors (Lipinski definition) is 2. The quantitative estimate of drug-likeness (QED) is 0.719. The van der Waals surface area contributed by atoms with Crippen LogP contribution in [0.2, 0.25) is 0 Å². The minimum atomic E-state index is 0.483. The monoisotopic (exact) mass is 225 g/mol. The minimum absolute atomic E-state index is 0.483. The van der Waals surface area contributed by atoms with Crippen LogP contribution < -0.4 is 5.32 Å². The number of nitrogens with one attached hydrogen (secondary N) is 1. The van der Waals surface area contributed by atoms with Crippen LogP contribution in [0.3, 0.4) is 0 Å². The zero-order chi connectivity index (χ0) is 11.4. The van der Waals surface area contributed by atoms with Crippen molar-refractivity contribution in [2.24, 2.45) is 5.92 Å². The maximum absolute atomic E-state index is 6.01. The van der Waals surface area contributed by atoms with Gasteiger partial charge in [0.1, 0.15) is 0 Å². The highest BCUT2D eigenvalue weighted by atomic mass is 16.5. The summed E-state index contributed by atoms with van der Waals surface area (Å²) >= 11 is 0. The van der Waals surface area contributed by atoms with Crippen LogP contribution in [0.15, 0.2) is 0 Å². The van der Waals surface area contributed by atoms with E-state index in [-0.39, 0.29) is 0 Å². The van der Waals surface area contributed by atoms with E-state index in [1.54, 1.807) is 0 Å². The maximum atomic E-state index is 6.01. The van der Waals surface area contributed by atoms with Gasteiger partial charge in [-0.3, -0.25) is 0 Å². The summed E-state index contributed by atoms with van der Waals surface area (Å²) in [5.41, 5.74) is 0. The number of hydrogen-bond donors (Lipinski definition) is 1. The van der Waals surface area contributed by atoms with Crippen LogP contribution in [0.4, 0.5) is 0 Å².